The van der Waals surface area contributed by atoms with Crippen LogP contribution in [-0.2, 0) is 50.1 Å². The van der Waals surface area contributed by atoms with Crippen molar-refractivity contribution >= 4 is 0 Å². The lowest BCUT2D eigenvalue weighted by atomic mass is 9.89. The third-order valence-corrected chi connectivity index (χ3v) is 8.72. The van der Waals surface area contributed by atoms with Crippen molar-refractivity contribution in [1.29, 1.82) is 0 Å². The summed E-state index contributed by atoms with van der Waals surface area (Å²) in [7, 11) is 3.09. The maximum absolute atomic E-state index is 11.4. The van der Waals surface area contributed by atoms with E-state index in [9.17, 15) is 5.11 Å². The Kier molecular flexibility index (Phi) is 12.5. The van der Waals surface area contributed by atoms with Gasteiger partial charge in [0.15, 0.2) is 11.5 Å². The molecule has 0 radical (unpaired) electrons. The maximum atomic E-state index is 11.4. The molecule has 5 aromatic rings. The Balaban J connectivity index is 1.40. The Morgan fingerprint density at radius 2 is 0.940 bits per heavy atom. The van der Waals surface area contributed by atoms with Gasteiger partial charge in [-0.3, -0.25) is 0 Å². The zero-order valence-corrected chi connectivity index (χ0v) is 28.4. The molecule has 0 amide bonds. The fourth-order valence-corrected chi connectivity index (χ4v) is 6.15. The Labute approximate surface area is 294 Å². The Bertz CT molecular complexity index is 1720. The summed E-state index contributed by atoms with van der Waals surface area (Å²) in [6.45, 7) is 1.51. The van der Waals surface area contributed by atoms with Crippen molar-refractivity contribution in [3.8, 4) is 17.2 Å². The molecule has 1 aliphatic heterocycles. The molecule has 1 fully saturated rings. The highest BCUT2D eigenvalue weighted by Gasteiger charge is 2.49. The summed E-state index contributed by atoms with van der Waals surface area (Å²) in [5.41, 5.74) is 4.52. The number of hydrogen-bond acceptors (Lipinski definition) is 8. The number of phenolic OH excluding ortho intramolecular Hbond substituents is 1. The van der Waals surface area contributed by atoms with E-state index in [0.29, 0.717) is 36.9 Å². The molecule has 0 unspecified atom stereocenters. The molecule has 5 atom stereocenters. The smallest absolute Gasteiger partial charge is 0.164 e. The fraction of sp³-hybridized carbons (Fsp3) is 0.286. The molecule has 260 valence electrons. The average molecular weight is 677 g/mol. The van der Waals surface area contributed by atoms with Crippen molar-refractivity contribution < 1.29 is 38.3 Å². The third kappa shape index (κ3) is 9.09. The molecule has 1 saturated heterocycles. The lowest BCUT2D eigenvalue weighted by Gasteiger charge is -2.46. The molecule has 0 aliphatic carbocycles. The van der Waals surface area contributed by atoms with Crippen molar-refractivity contribution in [3.63, 3.8) is 0 Å². The van der Waals surface area contributed by atoms with E-state index in [1.54, 1.807) is 13.2 Å². The quantitative estimate of drug-likeness (QED) is 0.113. The molecular weight excluding hydrogens is 632 g/mol. The molecule has 0 spiro atoms. The number of benzene rings is 5. The zero-order chi connectivity index (χ0) is 34.5. The molecule has 1 heterocycles. The second-order valence-electron chi connectivity index (χ2n) is 12.1. The van der Waals surface area contributed by atoms with Crippen LogP contribution >= 0.6 is 0 Å². The number of hydrogen-bond donors (Lipinski definition) is 1. The van der Waals surface area contributed by atoms with E-state index in [1.165, 1.54) is 13.2 Å². The summed E-state index contributed by atoms with van der Waals surface area (Å²) >= 11 is 0. The topological polar surface area (TPSA) is 84.8 Å². The van der Waals surface area contributed by atoms with Gasteiger partial charge in [-0.1, -0.05) is 121 Å². The van der Waals surface area contributed by atoms with Gasteiger partial charge >= 0.3 is 0 Å². The molecular formula is C42H44O8. The van der Waals surface area contributed by atoms with Crippen LogP contribution < -0.4 is 9.47 Å². The number of rotatable bonds is 16. The minimum Gasteiger partial charge on any atom is -0.507 e. The summed E-state index contributed by atoms with van der Waals surface area (Å²) in [4.78, 5) is 0. The third-order valence-electron chi connectivity index (χ3n) is 8.72. The lowest BCUT2D eigenvalue weighted by Crippen LogP contribution is -2.58. The molecule has 8 nitrogen and oxygen atoms in total. The summed E-state index contributed by atoms with van der Waals surface area (Å²) in [6, 6.07) is 43.2. The van der Waals surface area contributed by atoms with Crippen LogP contribution in [0, 0.1) is 0 Å². The van der Waals surface area contributed by atoms with Gasteiger partial charge in [-0.15, -0.1) is 0 Å². The van der Waals surface area contributed by atoms with Crippen LogP contribution in [0.3, 0.4) is 0 Å². The molecule has 50 heavy (non-hydrogen) atoms. The average Bonchev–Trinajstić information content (AvgIpc) is 3.17. The summed E-state index contributed by atoms with van der Waals surface area (Å²) in [6.07, 6.45) is -3.35. The molecule has 5 aromatic carbocycles. The van der Waals surface area contributed by atoms with Gasteiger partial charge in [-0.25, -0.2) is 0 Å². The predicted molar refractivity (Wildman–Crippen MR) is 190 cm³/mol. The van der Waals surface area contributed by atoms with Crippen LogP contribution in [0.15, 0.2) is 133 Å². The van der Waals surface area contributed by atoms with Crippen LogP contribution in [0.2, 0.25) is 0 Å². The number of phenols is 1. The highest BCUT2D eigenvalue weighted by molar-refractivity contribution is 5.51. The van der Waals surface area contributed by atoms with Gasteiger partial charge in [-0.05, 0) is 28.3 Å². The van der Waals surface area contributed by atoms with E-state index in [0.717, 1.165) is 22.3 Å². The van der Waals surface area contributed by atoms with E-state index in [-0.39, 0.29) is 19.0 Å². The minimum atomic E-state index is -0.791. The van der Waals surface area contributed by atoms with Crippen molar-refractivity contribution in [1.82, 2.24) is 0 Å². The van der Waals surface area contributed by atoms with Crippen LogP contribution in [0.25, 0.3) is 0 Å². The van der Waals surface area contributed by atoms with Crippen LogP contribution in [0.5, 0.6) is 17.2 Å². The van der Waals surface area contributed by atoms with Crippen LogP contribution in [0.1, 0.15) is 33.9 Å². The molecule has 1 N–H and O–H groups in total. The standard InChI is InChI=1S/C42H44O8/c1-44-36-23-34(35(43)24-37(36)45-2)39-41(48-27-32-19-11-5-12-20-32)42(49-28-33-21-13-6-14-22-33)40(47-26-31-17-9-4-10-18-31)38(50-39)29-46-25-30-15-7-3-8-16-30/h3-24,38-43H,25-29H2,1-2H3/t38-,39-,40-,41-,42+/m1/s1. The number of aromatic hydroxyl groups is 1. The summed E-state index contributed by atoms with van der Waals surface area (Å²) in [5, 5.41) is 11.4. The van der Waals surface area contributed by atoms with Crippen molar-refractivity contribution in [2.75, 3.05) is 20.8 Å². The van der Waals surface area contributed by atoms with E-state index in [4.69, 9.17) is 33.2 Å². The molecule has 6 rings (SSSR count). The first-order chi connectivity index (χ1) is 24.6. The number of ether oxygens (including phenoxy) is 7. The van der Waals surface area contributed by atoms with Crippen LogP contribution in [0.4, 0.5) is 0 Å². The Morgan fingerprint density at radius 3 is 1.42 bits per heavy atom. The lowest BCUT2D eigenvalue weighted by molar-refractivity contribution is -0.275. The summed E-state index contributed by atoms with van der Waals surface area (Å²) in [5.74, 6) is 0.831. The van der Waals surface area contributed by atoms with Gasteiger partial charge in [0.1, 0.15) is 36.3 Å². The Morgan fingerprint density at radius 1 is 0.520 bits per heavy atom. The monoisotopic (exact) mass is 676 g/mol. The Hall–Kier alpha value is -4.70. The summed E-state index contributed by atoms with van der Waals surface area (Å²) < 4.78 is 44.7. The van der Waals surface area contributed by atoms with E-state index < -0.39 is 30.5 Å². The maximum Gasteiger partial charge on any atom is 0.164 e. The molecule has 8 heteroatoms. The first-order valence-corrected chi connectivity index (χ1v) is 16.8. The zero-order valence-electron chi connectivity index (χ0n) is 28.4. The SMILES string of the molecule is COc1cc(O)c([C@H]2O[C@H](COCc3ccccc3)[C@@H](OCc3ccccc3)[C@H](OCc3ccccc3)[C@@H]2OCc2ccccc2)cc1OC. The van der Waals surface area contributed by atoms with Crippen molar-refractivity contribution in [2.24, 2.45) is 0 Å². The number of methoxy groups -OCH3 is 2. The van der Waals surface area contributed by atoms with Gasteiger partial charge in [-0.2, -0.15) is 0 Å². The highest BCUT2D eigenvalue weighted by Crippen LogP contribution is 2.45. The highest BCUT2D eigenvalue weighted by atomic mass is 16.6. The van der Waals surface area contributed by atoms with Gasteiger partial charge in [0, 0.05) is 11.6 Å². The van der Waals surface area contributed by atoms with Gasteiger partial charge in [0.05, 0.1) is 47.3 Å². The van der Waals surface area contributed by atoms with Crippen molar-refractivity contribution in [3.05, 3.63) is 161 Å². The normalized spacial score (nSPS) is 20.3. The van der Waals surface area contributed by atoms with Gasteiger partial charge < -0.3 is 38.3 Å². The van der Waals surface area contributed by atoms with Crippen molar-refractivity contribution in [2.45, 2.75) is 56.9 Å². The second-order valence-corrected chi connectivity index (χ2v) is 12.1. The van der Waals surface area contributed by atoms with Crippen LogP contribution in [-0.4, -0.2) is 50.3 Å². The second kappa shape index (κ2) is 17.8. The molecule has 1 aliphatic rings. The van der Waals surface area contributed by atoms with E-state index >= 15 is 0 Å². The molecule has 0 bridgehead atoms. The van der Waals surface area contributed by atoms with Gasteiger partial charge in [0.2, 0.25) is 0 Å². The van der Waals surface area contributed by atoms with Gasteiger partial charge in [0.25, 0.3) is 0 Å². The predicted octanol–water partition coefficient (Wildman–Crippen LogP) is 7.82. The van der Waals surface area contributed by atoms with E-state index in [2.05, 4.69) is 0 Å². The van der Waals surface area contributed by atoms with E-state index in [1.807, 2.05) is 121 Å². The first kappa shape index (κ1) is 35.1. The minimum absolute atomic E-state index is 0.0182. The molecule has 0 saturated carbocycles. The first-order valence-electron chi connectivity index (χ1n) is 16.8. The fourth-order valence-electron chi connectivity index (χ4n) is 6.15. The largest absolute Gasteiger partial charge is 0.507 e. The molecule has 0 aromatic heterocycles.